The van der Waals surface area contributed by atoms with Crippen LogP contribution in [0.25, 0.3) is 5.57 Å². The van der Waals surface area contributed by atoms with Gasteiger partial charge in [0, 0.05) is 17.7 Å². The summed E-state index contributed by atoms with van der Waals surface area (Å²) < 4.78 is 5.20. The van der Waals surface area contributed by atoms with E-state index in [0.29, 0.717) is 11.7 Å². The molecule has 1 amide bonds. The molecule has 1 aromatic heterocycles. The third-order valence-electron chi connectivity index (χ3n) is 3.99. The summed E-state index contributed by atoms with van der Waals surface area (Å²) in [7, 11) is 1.64. The molecule has 26 heavy (non-hydrogen) atoms. The fraction of sp³-hybridized carbons (Fsp3) is 0.143. The van der Waals surface area contributed by atoms with Crippen LogP contribution in [0.15, 0.2) is 72.3 Å². The molecule has 0 N–H and O–H groups in total. The van der Waals surface area contributed by atoms with E-state index in [9.17, 15) is 4.79 Å². The number of carbonyl (C=O) groups is 1. The second kappa shape index (κ2) is 8.45. The molecule has 0 aliphatic carbocycles. The highest BCUT2D eigenvalue weighted by Gasteiger charge is 2.17. The Morgan fingerprint density at radius 3 is 2.50 bits per heavy atom. The van der Waals surface area contributed by atoms with Gasteiger partial charge in [0.2, 0.25) is 0 Å². The van der Waals surface area contributed by atoms with Crippen molar-refractivity contribution in [1.82, 2.24) is 4.98 Å². The third kappa shape index (κ3) is 4.37. The summed E-state index contributed by atoms with van der Waals surface area (Å²) in [5.74, 6) is 0.706. The summed E-state index contributed by atoms with van der Waals surface area (Å²) >= 11 is 1.45. The predicted octanol–water partition coefficient (Wildman–Crippen LogP) is 4.79. The van der Waals surface area contributed by atoms with Crippen molar-refractivity contribution in [2.24, 2.45) is 0 Å². The summed E-state index contributed by atoms with van der Waals surface area (Å²) in [5, 5.41) is 2.56. The Kier molecular flexibility index (Phi) is 5.81. The smallest absolute Gasteiger partial charge is 0.253 e. The minimum absolute atomic E-state index is 0.0860. The van der Waals surface area contributed by atoms with Gasteiger partial charge in [-0.15, -0.1) is 11.3 Å². The Labute approximate surface area is 157 Å². The van der Waals surface area contributed by atoms with Gasteiger partial charge in [0.05, 0.1) is 13.7 Å². The fourth-order valence-electron chi connectivity index (χ4n) is 2.55. The van der Waals surface area contributed by atoms with Crippen molar-refractivity contribution in [3.63, 3.8) is 0 Å². The average Bonchev–Trinajstić information content (AvgIpc) is 3.21. The number of hydrogen-bond donors (Lipinski definition) is 0. The average molecular weight is 364 g/mol. The number of amides is 1. The van der Waals surface area contributed by atoms with Crippen molar-refractivity contribution in [2.75, 3.05) is 12.0 Å². The van der Waals surface area contributed by atoms with Crippen LogP contribution in [0, 0.1) is 0 Å². The number of anilines is 1. The lowest BCUT2D eigenvalue weighted by Gasteiger charge is -2.19. The van der Waals surface area contributed by atoms with E-state index in [2.05, 4.69) is 4.98 Å². The summed E-state index contributed by atoms with van der Waals surface area (Å²) in [5.41, 5.74) is 2.97. The molecule has 5 heteroatoms. The van der Waals surface area contributed by atoms with Crippen LogP contribution in [0.5, 0.6) is 5.75 Å². The van der Waals surface area contributed by atoms with Gasteiger partial charge in [0.15, 0.2) is 5.13 Å². The Balaban J connectivity index is 1.85. The van der Waals surface area contributed by atoms with Crippen molar-refractivity contribution in [2.45, 2.75) is 13.5 Å². The molecule has 0 fully saturated rings. The normalized spacial score (nSPS) is 11.2. The standard InChI is InChI=1S/C21H20N2O2S/c1-16(18-6-4-3-5-7-18)14-20(24)23(21-22-12-13-26-21)15-17-8-10-19(25-2)11-9-17/h3-14H,15H2,1-2H3/b16-14-. The van der Waals surface area contributed by atoms with Crippen molar-refractivity contribution in [3.05, 3.63) is 83.4 Å². The minimum atomic E-state index is -0.0860. The molecule has 132 valence electrons. The summed E-state index contributed by atoms with van der Waals surface area (Å²) in [6.45, 7) is 2.40. The fourth-order valence-corrected chi connectivity index (χ4v) is 3.20. The van der Waals surface area contributed by atoms with Gasteiger partial charge in [-0.1, -0.05) is 42.5 Å². The van der Waals surface area contributed by atoms with E-state index in [-0.39, 0.29) is 5.91 Å². The molecule has 4 nitrogen and oxygen atoms in total. The van der Waals surface area contributed by atoms with Gasteiger partial charge in [-0.3, -0.25) is 9.69 Å². The summed E-state index contributed by atoms with van der Waals surface area (Å²) in [6, 6.07) is 17.6. The maximum atomic E-state index is 12.9. The number of thiazole rings is 1. The number of rotatable bonds is 6. The van der Waals surface area contributed by atoms with Gasteiger partial charge in [0.1, 0.15) is 5.75 Å². The molecule has 1 heterocycles. The van der Waals surface area contributed by atoms with E-state index in [4.69, 9.17) is 4.74 Å². The van der Waals surface area contributed by atoms with Crippen LogP contribution in [-0.4, -0.2) is 18.0 Å². The number of ether oxygens (including phenoxy) is 1. The van der Waals surface area contributed by atoms with Gasteiger partial charge >= 0.3 is 0 Å². The zero-order valence-corrected chi connectivity index (χ0v) is 15.6. The number of methoxy groups -OCH3 is 1. The number of aromatic nitrogens is 1. The zero-order valence-electron chi connectivity index (χ0n) is 14.8. The summed E-state index contributed by atoms with van der Waals surface area (Å²) in [6.07, 6.45) is 3.38. The molecule has 3 rings (SSSR count). The first-order chi connectivity index (χ1) is 12.7. The van der Waals surface area contributed by atoms with E-state index < -0.39 is 0 Å². The second-order valence-corrected chi connectivity index (χ2v) is 6.65. The zero-order chi connectivity index (χ0) is 18.4. The molecule has 3 aromatic rings. The SMILES string of the molecule is COc1ccc(CN(C(=O)/C=C(/C)c2ccccc2)c2nccs2)cc1. The van der Waals surface area contributed by atoms with E-state index in [1.807, 2.05) is 66.9 Å². The number of allylic oxidation sites excluding steroid dienone is 1. The van der Waals surface area contributed by atoms with Crippen molar-refractivity contribution in [1.29, 1.82) is 0 Å². The van der Waals surface area contributed by atoms with Gasteiger partial charge in [-0.05, 0) is 35.8 Å². The molecule has 0 saturated heterocycles. The predicted molar refractivity (Wildman–Crippen MR) is 106 cm³/mol. The lowest BCUT2D eigenvalue weighted by atomic mass is 10.1. The first-order valence-electron chi connectivity index (χ1n) is 8.25. The molecule has 0 unspecified atom stereocenters. The molecule has 2 aromatic carbocycles. The largest absolute Gasteiger partial charge is 0.497 e. The Morgan fingerprint density at radius 1 is 1.15 bits per heavy atom. The number of hydrogen-bond acceptors (Lipinski definition) is 4. The van der Waals surface area contributed by atoms with Gasteiger partial charge < -0.3 is 4.74 Å². The van der Waals surface area contributed by atoms with Crippen LogP contribution in [0.3, 0.4) is 0 Å². The molecule has 0 aliphatic rings. The molecular weight excluding hydrogens is 344 g/mol. The monoisotopic (exact) mass is 364 g/mol. The van der Waals surface area contributed by atoms with Gasteiger partial charge in [-0.2, -0.15) is 0 Å². The first kappa shape index (κ1) is 17.9. The lowest BCUT2D eigenvalue weighted by Crippen LogP contribution is -2.28. The third-order valence-corrected chi connectivity index (χ3v) is 4.78. The van der Waals surface area contributed by atoms with Crippen molar-refractivity contribution >= 4 is 27.9 Å². The highest BCUT2D eigenvalue weighted by molar-refractivity contribution is 7.13. The number of carbonyl (C=O) groups excluding carboxylic acids is 1. The Morgan fingerprint density at radius 2 is 1.88 bits per heavy atom. The van der Waals surface area contributed by atoms with Crippen LogP contribution < -0.4 is 9.64 Å². The maximum Gasteiger partial charge on any atom is 0.253 e. The molecule has 0 radical (unpaired) electrons. The number of benzene rings is 2. The van der Waals surface area contributed by atoms with Crippen LogP contribution in [-0.2, 0) is 11.3 Å². The molecule has 0 aliphatic heterocycles. The molecule has 0 saturated carbocycles. The Hall–Kier alpha value is -2.92. The van der Waals surface area contributed by atoms with Crippen molar-refractivity contribution in [3.8, 4) is 5.75 Å². The lowest BCUT2D eigenvalue weighted by molar-refractivity contribution is -0.114. The topological polar surface area (TPSA) is 42.4 Å². The van der Waals surface area contributed by atoms with Crippen LogP contribution >= 0.6 is 11.3 Å². The van der Waals surface area contributed by atoms with Crippen LogP contribution in [0.1, 0.15) is 18.1 Å². The Bertz CT molecular complexity index is 872. The second-order valence-electron chi connectivity index (χ2n) is 5.78. The molecule has 0 spiro atoms. The van der Waals surface area contributed by atoms with Gasteiger partial charge in [0.25, 0.3) is 5.91 Å². The van der Waals surface area contributed by atoms with E-state index in [1.54, 1.807) is 24.3 Å². The van der Waals surface area contributed by atoms with E-state index in [1.165, 1.54) is 11.3 Å². The van der Waals surface area contributed by atoms with E-state index >= 15 is 0 Å². The quantitative estimate of drug-likeness (QED) is 0.591. The van der Waals surface area contributed by atoms with E-state index in [0.717, 1.165) is 22.4 Å². The first-order valence-corrected chi connectivity index (χ1v) is 9.13. The molecular formula is C21H20N2O2S. The highest BCUT2D eigenvalue weighted by Crippen LogP contribution is 2.23. The van der Waals surface area contributed by atoms with Crippen LogP contribution in [0.2, 0.25) is 0 Å². The number of nitrogens with zero attached hydrogens (tertiary/aromatic N) is 2. The molecule has 0 bridgehead atoms. The van der Waals surface area contributed by atoms with Gasteiger partial charge in [-0.25, -0.2) is 4.98 Å². The summed E-state index contributed by atoms with van der Waals surface area (Å²) in [4.78, 5) is 19.0. The van der Waals surface area contributed by atoms with Crippen LogP contribution in [0.4, 0.5) is 5.13 Å². The highest BCUT2D eigenvalue weighted by atomic mass is 32.1. The van der Waals surface area contributed by atoms with Crippen molar-refractivity contribution < 1.29 is 9.53 Å². The molecule has 0 atom stereocenters. The minimum Gasteiger partial charge on any atom is -0.497 e. The maximum absolute atomic E-state index is 12.9.